The standard InChI is InChI=1S/C6H7FO2/c1-3-4-6(2,7)5(8)9/h1H,4H2,2H3,(H,8,9). The predicted octanol–water partition coefficient (Wildman–Crippen LogP) is 0.823. The number of rotatable bonds is 2. The lowest BCUT2D eigenvalue weighted by Gasteiger charge is -2.09. The molecule has 1 unspecified atom stereocenters. The molecule has 0 radical (unpaired) electrons. The van der Waals surface area contributed by atoms with E-state index in [1.807, 2.05) is 5.92 Å². The maximum absolute atomic E-state index is 12.5. The third-order valence-corrected chi connectivity index (χ3v) is 0.880. The van der Waals surface area contributed by atoms with Crippen LogP contribution in [0.25, 0.3) is 0 Å². The topological polar surface area (TPSA) is 37.3 Å². The van der Waals surface area contributed by atoms with Gasteiger partial charge in [-0.2, -0.15) is 0 Å². The average Bonchev–Trinajstić information content (AvgIpc) is 1.65. The SMILES string of the molecule is C#CCC(C)(F)C(=O)O. The summed E-state index contributed by atoms with van der Waals surface area (Å²) in [6.07, 6.45) is 4.31. The molecule has 9 heavy (non-hydrogen) atoms. The number of carboxylic acid groups (broad SMARTS) is 1. The van der Waals surface area contributed by atoms with Crippen LogP contribution in [0.3, 0.4) is 0 Å². The Balaban J connectivity index is 4.06. The lowest BCUT2D eigenvalue weighted by atomic mass is 10.1. The highest BCUT2D eigenvalue weighted by atomic mass is 19.1. The van der Waals surface area contributed by atoms with E-state index in [4.69, 9.17) is 11.5 Å². The molecule has 1 atom stereocenters. The van der Waals surface area contributed by atoms with Crippen LogP contribution in [-0.4, -0.2) is 16.7 Å². The number of aliphatic carboxylic acids is 1. The normalized spacial score (nSPS) is 15.7. The van der Waals surface area contributed by atoms with E-state index in [-0.39, 0.29) is 6.42 Å². The molecule has 0 aromatic carbocycles. The molecular weight excluding hydrogens is 123 g/mol. The van der Waals surface area contributed by atoms with Crippen molar-refractivity contribution < 1.29 is 14.3 Å². The second-order valence-electron chi connectivity index (χ2n) is 1.88. The zero-order chi connectivity index (χ0) is 7.49. The highest BCUT2D eigenvalue weighted by Gasteiger charge is 2.31. The van der Waals surface area contributed by atoms with Gasteiger partial charge in [-0.3, -0.25) is 0 Å². The average molecular weight is 130 g/mol. The molecule has 3 heteroatoms. The number of carboxylic acids is 1. The van der Waals surface area contributed by atoms with E-state index in [1.165, 1.54) is 0 Å². The van der Waals surface area contributed by atoms with E-state index in [0.29, 0.717) is 0 Å². The van der Waals surface area contributed by atoms with Gasteiger partial charge in [-0.25, -0.2) is 9.18 Å². The molecule has 0 amide bonds. The van der Waals surface area contributed by atoms with Crippen molar-refractivity contribution in [2.45, 2.75) is 19.0 Å². The summed E-state index contributed by atoms with van der Waals surface area (Å²) in [5, 5.41) is 8.10. The Bertz CT molecular complexity index is 155. The van der Waals surface area contributed by atoms with E-state index < -0.39 is 11.6 Å². The van der Waals surface area contributed by atoms with E-state index in [2.05, 4.69) is 0 Å². The van der Waals surface area contributed by atoms with Gasteiger partial charge in [0.15, 0.2) is 0 Å². The molecule has 0 saturated heterocycles. The minimum Gasteiger partial charge on any atom is -0.479 e. The summed E-state index contributed by atoms with van der Waals surface area (Å²) < 4.78 is 12.5. The third kappa shape index (κ3) is 2.13. The van der Waals surface area contributed by atoms with E-state index in [1.54, 1.807) is 0 Å². The largest absolute Gasteiger partial charge is 0.479 e. The first-order chi connectivity index (χ1) is 4.00. The second kappa shape index (κ2) is 2.49. The van der Waals surface area contributed by atoms with Gasteiger partial charge in [0.25, 0.3) is 0 Å². The number of terminal acetylenes is 1. The molecule has 50 valence electrons. The van der Waals surface area contributed by atoms with Gasteiger partial charge < -0.3 is 5.11 Å². The summed E-state index contributed by atoms with van der Waals surface area (Å²) in [6.45, 7) is 0.940. The fourth-order valence-electron chi connectivity index (χ4n) is 0.267. The van der Waals surface area contributed by atoms with Crippen molar-refractivity contribution in [2.24, 2.45) is 0 Å². The fraction of sp³-hybridized carbons (Fsp3) is 0.500. The first-order valence-corrected chi connectivity index (χ1v) is 2.36. The lowest BCUT2D eigenvalue weighted by Crippen LogP contribution is -2.28. The zero-order valence-corrected chi connectivity index (χ0v) is 5.02. The monoisotopic (exact) mass is 130 g/mol. The van der Waals surface area contributed by atoms with Gasteiger partial charge in [-0.1, -0.05) is 0 Å². The molecular formula is C6H7FO2. The number of hydrogen-bond acceptors (Lipinski definition) is 1. The van der Waals surface area contributed by atoms with Gasteiger partial charge in [0.1, 0.15) is 0 Å². The van der Waals surface area contributed by atoms with Crippen molar-refractivity contribution >= 4 is 5.97 Å². The van der Waals surface area contributed by atoms with Gasteiger partial charge in [0, 0.05) is 0 Å². The molecule has 0 heterocycles. The Hall–Kier alpha value is -1.04. The van der Waals surface area contributed by atoms with Crippen LogP contribution in [0.2, 0.25) is 0 Å². The molecule has 0 aliphatic carbocycles. The summed E-state index contributed by atoms with van der Waals surface area (Å²) in [5.74, 6) is 0.420. The number of alkyl halides is 1. The maximum atomic E-state index is 12.5. The van der Waals surface area contributed by atoms with Crippen LogP contribution in [0.15, 0.2) is 0 Å². The van der Waals surface area contributed by atoms with E-state index in [0.717, 1.165) is 6.92 Å². The lowest BCUT2D eigenvalue weighted by molar-refractivity contribution is -0.149. The fourth-order valence-corrected chi connectivity index (χ4v) is 0.267. The Morgan fingerprint density at radius 2 is 2.44 bits per heavy atom. The van der Waals surface area contributed by atoms with Crippen LogP contribution in [0, 0.1) is 12.3 Å². The molecule has 0 aromatic heterocycles. The molecule has 0 rings (SSSR count). The summed E-state index contributed by atoms with van der Waals surface area (Å²) in [6, 6.07) is 0. The molecule has 1 N–H and O–H groups in total. The Labute approximate surface area is 52.7 Å². The Kier molecular flexibility index (Phi) is 2.20. The molecule has 0 saturated carbocycles. The molecule has 0 aliphatic heterocycles. The van der Waals surface area contributed by atoms with Crippen LogP contribution in [0.5, 0.6) is 0 Å². The minimum absolute atomic E-state index is 0.387. The van der Waals surface area contributed by atoms with Crippen molar-refractivity contribution in [2.75, 3.05) is 0 Å². The Morgan fingerprint density at radius 1 is 2.00 bits per heavy atom. The van der Waals surface area contributed by atoms with Crippen molar-refractivity contribution in [1.82, 2.24) is 0 Å². The van der Waals surface area contributed by atoms with Crippen LogP contribution >= 0.6 is 0 Å². The van der Waals surface area contributed by atoms with Crippen LogP contribution in [0.1, 0.15) is 13.3 Å². The molecule has 0 aromatic rings. The van der Waals surface area contributed by atoms with Gasteiger partial charge in [0.05, 0.1) is 6.42 Å². The highest BCUT2D eigenvalue weighted by Crippen LogP contribution is 2.13. The van der Waals surface area contributed by atoms with Crippen LogP contribution in [0.4, 0.5) is 4.39 Å². The molecule has 0 bridgehead atoms. The van der Waals surface area contributed by atoms with Crippen molar-refractivity contribution in [3.8, 4) is 12.3 Å². The number of carbonyl (C=O) groups is 1. The van der Waals surface area contributed by atoms with E-state index >= 15 is 0 Å². The zero-order valence-electron chi connectivity index (χ0n) is 5.02. The summed E-state index contributed by atoms with van der Waals surface area (Å²) in [7, 11) is 0. The summed E-state index contributed by atoms with van der Waals surface area (Å²) in [5.41, 5.74) is -2.27. The number of halogens is 1. The molecule has 0 aliphatic rings. The van der Waals surface area contributed by atoms with Crippen LogP contribution in [-0.2, 0) is 4.79 Å². The van der Waals surface area contributed by atoms with Gasteiger partial charge in [-0.05, 0) is 6.92 Å². The van der Waals surface area contributed by atoms with Crippen LogP contribution < -0.4 is 0 Å². The summed E-state index contributed by atoms with van der Waals surface area (Å²) in [4.78, 5) is 9.94. The molecule has 2 nitrogen and oxygen atoms in total. The minimum atomic E-state index is -2.27. The smallest absolute Gasteiger partial charge is 0.342 e. The van der Waals surface area contributed by atoms with E-state index in [9.17, 15) is 9.18 Å². The maximum Gasteiger partial charge on any atom is 0.342 e. The number of hydrogen-bond donors (Lipinski definition) is 1. The van der Waals surface area contributed by atoms with Gasteiger partial charge in [-0.15, -0.1) is 12.3 Å². The third-order valence-electron chi connectivity index (χ3n) is 0.880. The van der Waals surface area contributed by atoms with Crippen molar-refractivity contribution in [1.29, 1.82) is 0 Å². The quantitative estimate of drug-likeness (QED) is 0.562. The first kappa shape index (κ1) is 7.96. The first-order valence-electron chi connectivity index (χ1n) is 2.36. The molecule has 0 fully saturated rings. The Morgan fingerprint density at radius 3 is 2.56 bits per heavy atom. The van der Waals surface area contributed by atoms with Gasteiger partial charge in [0.2, 0.25) is 5.67 Å². The predicted molar refractivity (Wildman–Crippen MR) is 30.6 cm³/mol. The highest BCUT2D eigenvalue weighted by molar-refractivity contribution is 5.77. The van der Waals surface area contributed by atoms with Crippen molar-refractivity contribution in [3.05, 3.63) is 0 Å². The summed E-state index contributed by atoms with van der Waals surface area (Å²) >= 11 is 0. The second-order valence-corrected chi connectivity index (χ2v) is 1.88. The van der Waals surface area contributed by atoms with Crippen molar-refractivity contribution in [3.63, 3.8) is 0 Å². The van der Waals surface area contributed by atoms with Gasteiger partial charge >= 0.3 is 5.97 Å². The molecule has 0 spiro atoms.